The number of ether oxygens (including phenoxy) is 4. The van der Waals surface area contributed by atoms with E-state index in [1.54, 1.807) is 10.8 Å². The minimum Gasteiger partial charge on any atom is -0.463 e. The third-order valence-electron chi connectivity index (χ3n) is 7.23. The van der Waals surface area contributed by atoms with Gasteiger partial charge in [-0.3, -0.25) is 14.4 Å². The van der Waals surface area contributed by atoms with E-state index in [0.717, 1.165) is 15.4 Å². The number of Topliss-reactive ketones (excluding diaryl/α,β-unsaturated/α-hetero) is 1. The van der Waals surface area contributed by atoms with Gasteiger partial charge >= 0.3 is 17.9 Å². The number of aromatic nitrogens is 1. The van der Waals surface area contributed by atoms with Crippen molar-refractivity contribution in [1.29, 1.82) is 0 Å². The second-order valence-electron chi connectivity index (χ2n) is 10.5. The minimum atomic E-state index is -1.07. The molecule has 0 aliphatic carbocycles. The Balaban J connectivity index is 1.91. The summed E-state index contributed by atoms with van der Waals surface area (Å²) < 4.78 is 25.8. The Labute approximate surface area is 252 Å². The summed E-state index contributed by atoms with van der Waals surface area (Å²) in [6.45, 7) is 6.76. The molecule has 0 spiro atoms. The zero-order valence-corrected chi connectivity index (χ0v) is 25.6. The van der Waals surface area contributed by atoms with Crippen molar-refractivity contribution < 1.29 is 43.2 Å². The maximum absolute atomic E-state index is 12.5. The number of nitrogens with zero attached hydrogens (tertiary/aromatic N) is 1. The molecule has 1 fully saturated rings. The third-order valence-corrected chi connectivity index (χ3v) is 7.76. The Kier molecular flexibility index (Phi) is 9.85. The molecule has 2 heterocycles. The molecule has 2 aromatic carbocycles. The third kappa shape index (κ3) is 6.91. The molecule has 0 saturated carbocycles. The van der Waals surface area contributed by atoms with Crippen LogP contribution in [0.4, 0.5) is 0 Å². The average molecular weight is 645 g/mol. The molecular formula is C31H34BrNO9. The molecule has 1 N–H and O–H groups in total. The van der Waals surface area contributed by atoms with Gasteiger partial charge < -0.3 is 33.4 Å². The number of carbonyl (C=O) groups excluding carboxylic acids is 4. The second kappa shape index (κ2) is 13.2. The van der Waals surface area contributed by atoms with Gasteiger partial charge in [0.25, 0.3) is 0 Å². The molecule has 1 aliphatic heterocycles. The molecular weight excluding hydrogens is 610 g/mol. The van der Waals surface area contributed by atoms with Crippen molar-refractivity contribution in [2.24, 2.45) is 5.92 Å². The quantitative estimate of drug-likeness (QED) is 0.260. The van der Waals surface area contributed by atoms with Gasteiger partial charge in [0.15, 0.2) is 12.3 Å². The zero-order chi connectivity index (χ0) is 30.7. The molecule has 224 valence electrons. The summed E-state index contributed by atoms with van der Waals surface area (Å²) >= 11 is 3.42. The maximum atomic E-state index is 12.5. The number of aryl methyl sites for hydroxylation is 1. The largest absolute Gasteiger partial charge is 0.463 e. The van der Waals surface area contributed by atoms with Crippen molar-refractivity contribution in [3.05, 3.63) is 69.8 Å². The molecule has 1 unspecified atom stereocenters. The monoisotopic (exact) mass is 643 g/mol. The molecule has 6 atom stereocenters. The number of rotatable bonds is 9. The topological polar surface area (TPSA) is 130 Å². The molecule has 0 amide bonds. The molecule has 0 bridgehead atoms. The number of hydrogen-bond acceptors (Lipinski definition) is 9. The lowest BCUT2D eigenvalue weighted by atomic mass is 9.84. The van der Waals surface area contributed by atoms with E-state index < -0.39 is 54.5 Å². The van der Waals surface area contributed by atoms with E-state index in [1.807, 2.05) is 49.4 Å². The van der Waals surface area contributed by atoms with E-state index in [1.165, 1.54) is 27.7 Å². The van der Waals surface area contributed by atoms with Crippen LogP contribution in [0.3, 0.4) is 0 Å². The fraction of sp³-hybridized carbons (Fsp3) is 0.419. The molecule has 11 heteroatoms. The molecule has 0 radical (unpaired) electrons. The fourth-order valence-corrected chi connectivity index (χ4v) is 5.86. The van der Waals surface area contributed by atoms with E-state index >= 15 is 0 Å². The fourth-order valence-electron chi connectivity index (χ4n) is 5.59. The number of benzene rings is 2. The standard InChI is InChI=1S/C31H34BrNO9/c1-16-7-6-8-25-27(16)24(28(38)21-9-11-22(32)12-10-21)14-33(25)31-30(41-20(5)37)23(13-17(2)34)29(40-19(4)36)26(42-31)15-39-18(3)35/h6-12,14,23,26,28-31,38H,13,15H2,1-5H3/t23-,26+,28?,29-,30+,31+/m0/s1. The minimum absolute atomic E-state index is 0.0983. The van der Waals surface area contributed by atoms with Crippen LogP contribution in [0.15, 0.2) is 53.1 Å². The first-order valence-corrected chi connectivity index (χ1v) is 14.3. The van der Waals surface area contributed by atoms with Crippen LogP contribution in [0, 0.1) is 12.8 Å². The second-order valence-corrected chi connectivity index (χ2v) is 11.4. The lowest BCUT2D eigenvalue weighted by molar-refractivity contribution is -0.249. The van der Waals surface area contributed by atoms with Crippen LogP contribution < -0.4 is 0 Å². The van der Waals surface area contributed by atoms with Gasteiger partial charge in [0.05, 0.1) is 5.52 Å². The van der Waals surface area contributed by atoms with Crippen molar-refractivity contribution in [1.82, 2.24) is 4.57 Å². The van der Waals surface area contributed by atoms with Gasteiger partial charge in [0.1, 0.15) is 30.7 Å². The number of aliphatic hydroxyl groups is 1. The van der Waals surface area contributed by atoms with Gasteiger partial charge in [-0.25, -0.2) is 0 Å². The number of ketones is 1. The molecule has 3 aromatic rings. The van der Waals surface area contributed by atoms with Gasteiger partial charge in [-0.15, -0.1) is 0 Å². The van der Waals surface area contributed by atoms with Crippen LogP contribution in [0.5, 0.6) is 0 Å². The van der Waals surface area contributed by atoms with Crippen LogP contribution in [0.1, 0.15) is 63.1 Å². The lowest BCUT2D eigenvalue weighted by Crippen LogP contribution is -2.56. The van der Waals surface area contributed by atoms with E-state index in [0.29, 0.717) is 16.6 Å². The first-order chi connectivity index (χ1) is 19.9. The van der Waals surface area contributed by atoms with E-state index in [4.69, 9.17) is 18.9 Å². The van der Waals surface area contributed by atoms with Crippen LogP contribution in [-0.4, -0.2) is 58.3 Å². The van der Waals surface area contributed by atoms with Gasteiger partial charge in [-0.2, -0.15) is 0 Å². The molecule has 10 nitrogen and oxygen atoms in total. The molecule has 4 rings (SSSR count). The normalized spacial score (nSPS) is 22.8. The predicted octanol–water partition coefficient (Wildman–Crippen LogP) is 4.71. The number of aliphatic hydroxyl groups excluding tert-OH is 1. The van der Waals surface area contributed by atoms with Crippen molar-refractivity contribution in [3.63, 3.8) is 0 Å². The number of halogens is 1. The van der Waals surface area contributed by atoms with Gasteiger partial charge in [-0.1, -0.05) is 40.2 Å². The van der Waals surface area contributed by atoms with E-state index in [9.17, 15) is 24.3 Å². The summed E-state index contributed by atoms with van der Waals surface area (Å²) in [5.74, 6) is -2.86. The highest BCUT2D eigenvalue weighted by Crippen LogP contribution is 2.42. The zero-order valence-electron chi connectivity index (χ0n) is 24.0. The summed E-state index contributed by atoms with van der Waals surface area (Å²) in [4.78, 5) is 48.7. The number of hydrogen-bond donors (Lipinski definition) is 1. The Morgan fingerprint density at radius 1 is 0.952 bits per heavy atom. The Hall–Kier alpha value is -3.54. The van der Waals surface area contributed by atoms with Crippen molar-refractivity contribution in [2.75, 3.05) is 6.61 Å². The molecule has 42 heavy (non-hydrogen) atoms. The highest BCUT2D eigenvalue weighted by molar-refractivity contribution is 9.10. The van der Waals surface area contributed by atoms with Gasteiger partial charge in [0, 0.05) is 54.7 Å². The lowest BCUT2D eigenvalue weighted by Gasteiger charge is -2.45. The summed E-state index contributed by atoms with van der Waals surface area (Å²) in [5.41, 5.74) is 2.84. The molecule has 1 saturated heterocycles. The van der Waals surface area contributed by atoms with Gasteiger partial charge in [0.2, 0.25) is 0 Å². The first-order valence-electron chi connectivity index (χ1n) is 13.5. The number of carbonyl (C=O) groups is 4. The van der Waals surface area contributed by atoms with Crippen molar-refractivity contribution in [2.45, 2.75) is 71.7 Å². The highest BCUT2D eigenvalue weighted by Gasteiger charge is 2.51. The first kappa shape index (κ1) is 31.4. The Morgan fingerprint density at radius 3 is 2.19 bits per heavy atom. The number of fused-ring (bicyclic) bond motifs is 1. The van der Waals surface area contributed by atoms with Crippen molar-refractivity contribution >= 4 is 50.5 Å². The number of esters is 3. The maximum Gasteiger partial charge on any atom is 0.303 e. The summed E-state index contributed by atoms with van der Waals surface area (Å²) in [5, 5.41) is 12.3. The Morgan fingerprint density at radius 2 is 1.60 bits per heavy atom. The summed E-state index contributed by atoms with van der Waals surface area (Å²) in [6.07, 6.45) is -3.50. The van der Waals surface area contributed by atoms with Crippen LogP contribution in [-0.2, 0) is 38.1 Å². The average Bonchev–Trinajstić information content (AvgIpc) is 3.30. The van der Waals surface area contributed by atoms with Gasteiger partial charge in [-0.05, 0) is 43.2 Å². The molecule has 1 aliphatic rings. The predicted molar refractivity (Wildman–Crippen MR) is 155 cm³/mol. The summed E-state index contributed by atoms with van der Waals surface area (Å²) in [7, 11) is 0. The smallest absolute Gasteiger partial charge is 0.303 e. The SMILES string of the molecule is CC(=O)C[C@@H]1[C@@H](OC(C)=O)[C@H](n2cc(C(O)c3ccc(Br)cc3)c3c(C)cccc32)O[C@H](COC(C)=O)[C@H]1OC(C)=O. The van der Waals surface area contributed by atoms with Crippen LogP contribution >= 0.6 is 15.9 Å². The van der Waals surface area contributed by atoms with Crippen LogP contribution in [0.25, 0.3) is 10.9 Å². The molecule has 1 aromatic heterocycles. The van der Waals surface area contributed by atoms with Crippen LogP contribution in [0.2, 0.25) is 0 Å². The van der Waals surface area contributed by atoms with Crippen molar-refractivity contribution in [3.8, 4) is 0 Å². The van der Waals surface area contributed by atoms with E-state index in [-0.39, 0.29) is 18.8 Å². The summed E-state index contributed by atoms with van der Waals surface area (Å²) in [6, 6.07) is 13.0. The Bertz CT molecular complexity index is 1480. The highest BCUT2D eigenvalue weighted by atomic mass is 79.9. The van der Waals surface area contributed by atoms with E-state index in [2.05, 4.69) is 15.9 Å².